The van der Waals surface area contributed by atoms with Crippen LogP contribution in [0.25, 0.3) is 0 Å². The van der Waals surface area contributed by atoms with Gasteiger partial charge in [-0.3, -0.25) is 4.79 Å². The Bertz CT molecular complexity index is 255. The zero-order valence-corrected chi connectivity index (χ0v) is 10.8. The fraction of sp³-hybridized carbons (Fsp3) is 0.929. The van der Waals surface area contributed by atoms with Gasteiger partial charge in [0.15, 0.2) is 0 Å². The number of rotatable bonds is 5. The van der Waals surface area contributed by atoms with Crippen molar-refractivity contribution in [2.24, 2.45) is 17.8 Å². The third kappa shape index (κ3) is 3.70. The normalized spacial score (nSPS) is 30.9. The topological polar surface area (TPSA) is 49.3 Å². The van der Waals surface area contributed by atoms with Crippen LogP contribution in [0.5, 0.6) is 0 Å². The van der Waals surface area contributed by atoms with Crippen LogP contribution in [0.15, 0.2) is 0 Å². The number of hydrogen-bond donors (Lipinski definition) is 2. The molecule has 0 aromatic rings. The monoisotopic (exact) mass is 239 g/mol. The molecule has 2 fully saturated rings. The van der Waals surface area contributed by atoms with E-state index in [9.17, 15) is 4.79 Å². The summed E-state index contributed by atoms with van der Waals surface area (Å²) in [7, 11) is 0. The van der Waals surface area contributed by atoms with Gasteiger partial charge >= 0.3 is 0 Å². The molecular formula is C14H25NO2. The smallest absolute Gasteiger partial charge is 0.223 e. The van der Waals surface area contributed by atoms with E-state index < -0.39 is 0 Å². The number of aliphatic hydroxyl groups is 1. The van der Waals surface area contributed by atoms with E-state index in [1.165, 1.54) is 25.7 Å². The number of amides is 1. The van der Waals surface area contributed by atoms with Crippen molar-refractivity contribution in [1.29, 1.82) is 0 Å². The molecule has 0 aromatic heterocycles. The van der Waals surface area contributed by atoms with Gasteiger partial charge in [0.25, 0.3) is 0 Å². The lowest BCUT2D eigenvalue weighted by molar-refractivity contribution is -0.127. The van der Waals surface area contributed by atoms with E-state index >= 15 is 0 Å². The van der Waals surface area contributed by atoms with Crippen LogP contribution in [0.4, 0.5) is 0 Å². The molecule has 2 aliphatic rings. The summed E-state index contributed by atoms with van der Waals surface area (Å²) < 4.78 is 0. The minimum absolute atomic E-state index is 0.184. The molecule has 2 rings (SSSR count). The molecule has 3 heteroatoms. The van der Waals surface area contributed by atoms with Gasteiger partial charge in [-0.1, -0.05) is 6.92 Å². The van der Waals surface area contributed by atoms with Gasteiger partial charge in [0.2, 0.25) is 5.91 Å². The zero-order chi connectivity index (χ0) is 12.3. The summed E-state index contributed by atoms with van der Waals surface area (Å²) in [6.07, 6.45) is 7.62. The Kier molecular flexibility index (Phi) is 4.43. The summed E-state index contributed by atoms with van der Waals surface area (Å²) >= 11 is 0. The minimum Gasteiger partial charge on any atom is -0.396 e. The fourth-order valence-corrected chi connectivity index (χ4v) is 2.89. The number of nitrogens with one attached hydrogen (secondary N) is 1. The van der Waals surface area contributed by atoms with Gasteiger partial charge in [0.1, 0.15) is 0 Å². The van der Waals surface area contributed by atoms with Crippen LogP contribution in [0.3, 0.4) is 0 Å². The second-order valence-electron chi connectivity index (χ2n) is 5.92. The molecule has 2 N–H and O–H groups in total. The van der Waals surface area contributed by atoms with E-state index in [1.54, 1.807) is 0 Å². The molecule has 0 saturated heterocycles. The SMILES string of the molecule is CC1CCC(C(=O)NC(CCO)C2CC2)CC1. The second kappa shape index (κ2) is 5.85. The molecule has 1 amide bonds. The average Bonchev–Trinajstić information content (AvgIpc) is 3.13. The van der Waals surface area contributed by atoms with E-state index in [-0.39, 0.29) is 24.5 Å². The highest BCUT2D eigenvalue weighted by atomic mass is 16.3. The fourth-order valence-electron chi connectivity index (χ4n) is 2.89. The van der Waals surface area contributed by atoms with E-state index in [2.05, 4.69) is 12.2 Å². The highest BCUT2D eigenvalue weighted by Gasteiger charge is 2.33. The molecule has 3 nitrogen and oxygen atoms in total. The highest BCUT2D eigenvalue weighted by molar-refractivity contribution is 5.79. The molecule has 1 atom stereocenters. The summed E-state index contributed by atoms with van der Waals surface area (Å²) in [5, 5.41) is 12.2. The van der Waals surface area contributed by atoms with E-state index in [0.29, 0.717) is 5.92 Å². The average molecular weight is 239 g/mol. The third-order valence-corrected chi connectivity index (χ3v) is 4.35. The highest BCUT2D eigenvalue weighted by Crippen LogP contribution is 2.35. The van der Waals surface area contributed by atoms with Crippen molar-refractivity contribution < 1.29 is 9.90 Å². The van der Waals surface area contributed by atoms with Gasteiger partial charge in [0.05, 0.1) is 0 Å². The van der Waals surface area contributed by atoms with Crippen molar-refractivity contribution in [2.75, 3.05) is 6.61 Å². The summed E-state index contributed by atoms with van der Waals surface area (Å²) in [4.78, 5) is 12.1. The summed E-state index contributed by atoms with van der Waals surface area (Å²) in [5.41, 5.74) is 0. The Morgan fingerprint density at radius 3 is 2.41 bits per heavy atom. The number of hydrogen-bond acceptors (Lipinski definition) is 2. The second-order valence-corrected chi connectivity index (χ2v) is 5.92. The van der Waals surface area contributed by atoms with Gasteiger partial charge in [-0.15, -0.1) is 0 Å². The first-order chi connectivity index (χ1) is 8.20. The maximum Gasteiger partial charge on any atom is 0.223 e. The molecular weight excluding hydrogens is 214 g/mol. The maximum atomic E-state index is 12.1. The van der Waals surface area contributed by atoms with Crippen molar-refractivity contribution in [3.8, 4) is 0 Å². The van der Waals surface area contributed by atoms with Gasteiger partial charge < -0.3 is 10.4 Å². The molecule has 98 valence electrons. The van der Waals surface area contributed by atoms with Crippen molar-refractivity contribution in [3.63, 3.8) is 0 Å². The zero-order valence-electron chi connectivity index (χ0n) is 10.8. The summed E-state index contributed by atoms with van der Waals surface area (Å²) in [6, 6.07) is 0.229. The van der Waals surface area contributed by atoms with Crippen molar-refractivity contribution in [2.45, 2.75) is 57.9 Å². The van der Waals surface area contributed by atoms with Crippen molar-refractivity contribution >= 4 is 5.91 Å². The Labute approximate surface area is 104 Å². The minimum atomic E-state index is 0.184. The Morgan fingerprint density at radius 2 is 1.88 bits per heavy atom. The largest absolute Gasteiger partial charge is 0.396 e. The quantitative estimate of drug-likeness (QED) is 0.772. The first-order valence-electron chi connectivity index (χ1n) is 7.12. The molecule has 2 aliphatic carbocycles. The molecule has 2 saturated carbocycles. The van der Waals surface area contributed by atoms with E-state index in [1.807, 2.05) is 0 Å². The van der Waals surface area contributed by atoms with Crippen LogP contribution < -0.4 is 5.32 Å². The van der Waals surface area contributed by atoms with Crippen LogP contribution >= 0.6 is 0 Å². The molecule has 0 spiro atoms. The number of carbonyl (C=O) groups is 1. The summed E-state index contributed by atoms with van der Waals surface area (Å²) in [5.74, 6) is 1.89. The molecule has 1 unspecified atom stereocenters. The van der Waals surface area contributed by atoms with Crippen molar-refractivity contribution in [1.82, 2.24) is 5.32 Å². The predicted octanol–water partition coefficient (Wildman–Crippen LogP) is 2.09. The Balaban J connectivity index is 1.78. The number of carbonyl (C=O) groups excluding carboxylic acids is 1. The predicted molar refractivity (Wildman–Crippen MR) is 67.5 cm³/mol. The molecule has 0 bridgehead atoms. The maximum absolute atomic E-state index is 12.1. The van der Waals surface area contributed by atoms with Crippen LogP contribution in [0.1, 0.15) is 51.9 Å². The standard InChI is InChI=1S/C14H25NO2/c1-10-2-4-12(5-3-10)14(17)15-13(8-9-16)11-6-7-11/h10-13,16H,2-9H2,1H3,(H,15,17). The lowest BCUT2D eigenvalue weighted by atomic mass is 9.82. The van der Waals surface area contributed by atoms with Crippen molar-refractivity contribution in [3.05, 3.63) is 0 Å². The lowest BCUT2D eigenvalue weighted by Crippen LogP contribution is -2.41. The van der Waals surface area contributed by atoms with Crippen LogP contribution in [0.2, 0.25) is 0 Å². The first-order valence-corrected chi connectivity index (χ1v) is 7.12. The van der Waals surface area contributed by atoms with E-state index in [4.69, 9.17) is 5.11 Å². The third-order valence-electron chi connectivity index (χ3n) is 4.35. The molecule has 17 heavy (non-hydrogen) atoms. The number of aliphatic hydroxyl groups excluding tert-OH is 1. The van der Waals surface area contributed by atoms with Crippen LogP contribution in [-0.2, 0) is 4.79 Å². The molecule has 0 aromatic carbocycles. The Hall–Kier alpha value is -0.570. The molecule has 0 aliphatic heterocycles. The van der Waals surface area contributed by atoms with Gasteiger partial charge in [-0.05, 0) is 56.8 Å². The van der Waals surface area contributed by atoms with Crippen LogP contribution in [0, 0.1) is 17.8 Å². The lowest BCUT2D eigenvalue weighted by Gasteiger charge is -2.27. The summed E-state index contributed by atoms with van der Waals surface area (Å²) in [6.45, 7) is 2.45. The van der Waals surface area contributed by atoms with Gasteiger partial charge in [0, 0.05) is 18.6 Å². The van der Waals surface area contributed by atoms with E-state index in [0.717, 1.165) is 25.2 Å². The molecule has 0 heterocycles. The van der Waals surface area contributed by atoms with Gasteiger partial charge in [-0.25, -0.2) is 0 Å². The molecule has 0 radical (unpaired) electrons. The van der Waals surface area contributed by atoms with Gasteiger partial charge in [-0.2, -0.15) is 0 Å². The Morgan fingerprint density at radius 1 is 1.24 bits per heavy atom. The van der Waals surface area contributed by atoms with Crippen LogP contribution in [-0.4, -0.2) is 23.7 Å². The first kappa shape index (κ1) is 12.9.